The minimum Gasteiger partial charge on any atom is -0.344 e. The zero-order chi connectivity index (χ0) is 22.2. The number of rotatable bonds is 6. The maximum Gasteiger partial charge on any atom is 0.317 e. The van der Waals surface area contributed by atoms with Gasteiger partial charge in [0.1, 0.15) is 11.9 Å². The highest BCUT2D eigenvalue weighted by atomic mass is 19.1. The van der Waals surface area contributed by atoms with Crippen LogP contribution in [0.25, 0.3) is 0 Å². The summed E-state index contributed by atoms with van der Waals surface area (Å²) in [4.78, 5) is 40.4. The van der Waals surface area contributed by atoms with Gasteiger partial charge in [0, 0.05) is 46.1 Å². The molecule has 1 heterocycles. The Morgan fingerprint density at radius 3 is 2.13 bits per heavy atom. The Kier molecular flexibility index (Phi) is 7.59. The number of amides is 4. The normalized spacial score (nSPS) is 14.6. The van der Waals surface area contributed by atoms with E-state index in [4.69, 9.17) is 0 Å². The molecule has 0 aromatic heterocycles. The van der Waals surface area contributed by atoms with Crippen molar-refractivity contribution in [1.82, 2.24) is 20.4 Å². The van der Waals surface area contributed by atoms with E-state index in [-0.39, 0.29) is 30.1 Å². The van der Waals surface area contributed by atoms with Crippen molar-refractivity contribution in [2.45, 2.75) is 25.9 Å². The fraction of sp³-hybridized carbons (Fsp3) is 0.348. The lowest BCUT2D eigenvalue weighted by atomic mass is 10.0. The van der Waals surface area contributed by atoms with Crippen LogP contribution >= 0.6 is 0 Å². The van der Waals surface area contributed by atoms with Crippen LogP contribution in [0.15, 0.2) is 54.6 Å². The molecule has 4 amide bonds. The van der Waals surface area contributed by atoms with Gasteiger partial charge in [-0.25, -0.2) is 9.18 Å². The van der Waals surface area contributed by atoms with E-state index in [1.54, 1.807) is 21.9 Å². The molecule has 2 N–H and O–H groups in total. The summed E-state index contributed by atoms with van der Waals surface area (Å²) in [5, 5.41) is 5.59. The Bertz CT molecular complexity index is 897. The molecule has 1 atom stereocenters. The molecule has 2 aromatic carbocycles. The van der Waals surface area contributed by atoms with Gasteiger partial charge in [-0.3, -0.25) is 9.59 Å². The SMILES string of the molecule is CC(=O)N[C@H](Cc1ccc(F)cc1)C(=O)N1CCN(C(=O)NCc2ccccc2)CC1. The van der Waals surface area contributed by atoms with Crippen LogP contribution < -0.4 is 10.6 Å². The van der Waals surface area contributed by atoms with Crippen LogP contribution in [0.1, 0.15) is 18.1 Å². The van der Waals surface area contributed by atoms with E-state index < -0.39 is 6.04 Å². The number of nitrogens with zero attached hydrogens (tertiary/aromatic N) is 2. The number of urea groups is 1. The van der Waals surface area contributed by atoms with Gasteiger partial charge in [-0.05, 0) is 23.3 Å². The Hall–Kier alpha value is -3.42. The highest BCUT2D eigenvalue weighted by Crippen LogP contribution is 2.11. The number of piperazine rings is 1. The first-order valence-electron chi connectivity index (χ1n) is 10.3. The number of halogens is 1. The molecule has 7 nitrogen and oxygen atoms in total. The summed E-state index contributed by atoms with van der Waals surface area (Å²) < 4.78 is 13.2. The molecule has 2 aromatic rings. The van der Waals surface area contributed by atoms with E-state index in [0.717, 1.165) is 11.1 Å². The first-order chi connectivity index (χ1) is 14.9. The van der Waals surface area contributed by atoms with Crippen LogP contribution in [-0.4, -0.2) is 59.9 Å². The summed E-state index contributed by atoms with van der Waals surface area (Å²) in [6.07, 6.45) is 0.274. The van der Waals surface area contributed by atoms with E-state index >= 15 is 0 Å². The van der Waals surface area contributed by atoms with Gasteiger partial charge < -0.3 is 20.4 Å². The van der Waals surface area contributed by atoms with Crippen LogP contribution in [0, 0.1) is 5.82 Å². The number of carbonyl (C=O) groups is 3. The van der Waals surface area contributed by atoms with Crippen LogP contribution in [0.4, 0.5) is 9.18 Å². The Labute approximate surface area is 181 Å². The average molecular weight is 426 g/mol. The van der Waals surface area contributed by atoms with Gasteiger partial charge in [-0.1, -0.05) is 42.5 Å². The first-order valence-corrected chi connectivity index (χ1v) is 10.3. The van der Waals surface area contributed by atoms with Crippen LogP contribution in [0.2, 0.25) is 0 Å². The lowest BCUT2D eigenvalue weighted by Gasteiger charge is -2.36. The van der Waals surface area contributed by atoms with E-state index in [0.29, 0.717) is 32.7 Å². The molecular formula is C23H27FN4O3. The number of nitrogens with one attached hydrogen (secondary N) is 2. The molecule has 0 aliphatic carbocycles. The minimum atomic E-state index is -0.735. The molecule has 1 aliphatic heterocycles. The van der Waals surface area contributed by atoms with Crippen molar-refractivity contribution in [2.24, 2.45) is 0 Å². The summed E-state index contributed by atoms with van der Waals surface area (Å²) >= 11 is 0. The third-order valence-electron chi connectivity index (χ3n) is 5.19. The minimum absolute atomic E-state index is 0.166. The molecule has 0 saturated carbocycles. The summed E-state index contributed by atoms with van der Waals surface area (Å²) in [5.41, 5.74) is 1.77. The molecule has 164 valence electrons. The summed E-state index contributed by atoms with van der Waals surface area (Å²) in [6, 6.07) is 14.6. The second-order valence-corrected chi connectivity index (χ2v) is 7.54. The third kappa shape index (κ3) is 6.53. The van der Waals surface area contributed by atoms with Gasteiger partial charge in [-0.15, -0.1) is 0 Å². The van der Waals surface area contributed by atoms with Gasteiger partial charge >= 0.3 is 6.03 Å². The maximum atomic E-state index is 13.2. The number of carbonyl (C=O) groups excluding carboxylic acids is 3. The largest absolute Gasteiger partial charge is 0.344 e. The average Bonchev–Trinajstić information content (AvgIpc) is 2.78. The Morgan fingerprint density at radius 1 is 0.903 bits per heavy atom. The van der Waals surface area contributed by atoms with Crippen molar-refractivity contribution in [3.05, 3.63) is 71.5 Å². The summed E-state index contributed by atoms with van der Waals surface area (Å²) in [6.45, 7) is 3.40. The second-order valence-electron chi connectivity index (χ2n) is 7.54. The monoisotopic (exact) mass is 426 g/mol. The highest BCUT2D eigenvalue weighted by Gasteiger charge is 2.29. The van der Waals surface area contributed by atoms with Crippen molar-refractivity contribution in [3.8, 4) is 0 Å². The molecular weight excluding hydrogens is 399 g/mol. The van der Waals surface area contributed by atoms with Gasteiger partial charge in [0.2, 0.25) is 11.8 Å². The van der Waals surface area contributed by atoms with Crippen molar-refractivity contribution < 1.29 is 18.8 Å². The standard InChI is InChI=1S/C23H27FN4O3/c1-17(29)26-21(15-18-7-9-20(24)10-8-18)22(30)27-11-13-28(14-12-27)23(31)25-16-19-5-3-2-4-6-19/h2-10,21H,11-16H2,1H3,(H,25,31)(H,26,29)/t21-/m1/s1. The Morgan fingerprint density at radius 2 is 1.52 bits per heavy atom. The predicted molar refractivity (Wildman–Crippen MR) is 115 cm³/mol. The second kappa shape index (κ2) is 10.6. The summed E-state index contributed by atoms with van der Waals surface area (Å²) in [7, 11) is 0. The highest BCUT2D eigenvalue weighted by molar-refractivity contribution is 5.87. The predicted octanol–water partition coefficient (Wildman–Crippen LogP) is 1.93. The maximum absolute atomic E-state index is 13.2. The zero-order valence-electron chi connectivity index (χ0n) is 17.5. The molecule has 1 saturated heterocycles. The lowest BCUT2D eigenvalue weighted by Crippen LogP contribution is -2.57. The fourth-order valence-corrected chi connectivity index (χ4v) is 3.54. The van der Waals surface area contributed by atoms with E-state index in [9.17, 15) is 18.8 Å². The third-order valence-corrected chi connectivity index (χ3v) is 5.19. The van der Waals surface area contributed by atoms with Crippen molar-refractivity contribution in [2.75, 3.05) is 26.2 Å². The van der Waals surface area contributed by atoms with Crippen LogP contribution in [0.3, 0.4) is 0 Å². The van der Waals surface area contributed by atoms with Gasteiger partial charge in [0.15, 0.2) is 0 Å². The van der Waals surface area contributed by atoms with Gasteiger partial charge in [0.25, 0.3) is 0 Å². The van der Waals surface area contributed by atoms with Crippen LogP contribution in [0.5, 0.6) is 0 Å². The molecule has 1 fully saturated rings. The molecule has 0 radical (unpaired) electrons. The van der Waals surface area contributed by atoms with Crippen molar-refractivity contribution in [3.63, 3.8) is 0 Å². The molecule has 0 spiro atoms. The number of hydrogen-bond acceptors (Lipinski definition) is 3. The zero-order valence-corrected chi connectivity index (χ0v) is 17.5. The van der Waals surface area contributed by atoms with E-state index in [1.807, 2.05) is 30.3 Å². The van der Waals surface area contributed by atoms with Gasteiger partial charge in [-0.2, -0.15) is 0 Å². The fourth-order valence-electron chi connectivity index (χ4n) is 3.54. The molecule has 3 rings (SSSR count). The van der Waals surface area contributed by atoms with Crippen molar-refractivity contribution in [1.29, 1.82) is 0 Å². The number of benzene rings is 2. The molecule has 31 heavy (non-hydrogen) atoms. The quantitative estimate of drug-likeness (QED) is 0.741. The smallest absolute Gasteiger partial charge is 0.317 e. The van der Waals surface area contributed by atoms with E-state index in [2.05, 4.69) is 10.6 Å². The summed E-state index contributed by atoms with van der Waals surface area (Å²) in [5.74, 6) is -0.865. The van der Waals surface area contributed by atoms with E-state index in [1.165, 1.54) is 19.1 Å². The molecule has 8 heteroatoms. The number of hydrogen-bond donors (Lipinski definition) is 2. The van der Waals surface area contributed by atoms with Crippen molar-refractivity contribution >= 4 is 17.8 Å². The van der Waals surface area contributed by atoms with Gasteiger partial charge in [0.05, 0.1) is 0 Å². The molecule has 0 bridgehead atoms. The molecule has 0 unspecified atom stereocenters. The van der Waals surface area contributed by atoms with Crippen LogP contribution in [-0.2, 0) is 22.6 Å². The first kappa shape index (κ1) is 22.3. The topological polar surface area (TPSA) is 81.8 Å². The Balaban J connectivity index is 1.53. The lowest BCUT2D eigenvalue weighted by molar-refractivity contribution is -0.137. The molecule has 1 aliphatic rings.